The fourth-order valence-corrected chi connectivity index (χ4v) is 1.69. The van der Waals surface area contributed by atoms with Gasteiger partial charge in [0.05, 0.1) is 22.8 Å². The van der Waals surface area contributed by atoms with Crippen LogP contribution in [-0.2, 0) is 18.3 Å². The zero-order valence-corrected chi connectivity index (χ0v) is 11.4. The largest absolute Gasteiger partial charge is 0.299 e. The van der Waals surface area contributed by atoms with E-state index in [0.717, 1.165) is 17.8 Å². The smallest absolute Gasteiger partial charge is 0.144 e. The van der Waals surface area contributed by atoms with Crippen molar-refractivity contribution >= 4 is 17.4 Å². The first-order chi connectivity index (χ1) is 7.29. The van der Waals surface area contributed by atoms with E-state index in [1.807, 2.05) is 34.7 Å². The Labute approximate surface area is 102 Å². The van der Waals surface area contributed by atoms with Gasteiger partial charge in [-0.05, 0) is 13.3 Å². The summed E-state index contributed by atoms with van der Waals surface area (Å²) >= 11 is 6.12. The Morgan fingerprint density at radius 2 is 2.06 bits per heavy atom. The van der Waals surface area contributed by atoms with Gasteiger partial charge in [-0.25, -0.2) is 0 Å². The van der Waals surface area contributed by atoms with Crippen molar-refractivity contribution in [3.05, 3.63) is 16.4 Å². The molecule has 0 N–H and O–H groups in total. The molecule has 0 radical (unpaired) electrons. The van der Waals surface area contributed by atoms with E-state index in [4.69, 9.17) is 11.6 Å². The number of aryl methyl sites for hydroxylation is 2. The molecule has 1 aromatic heterocycles. The minimum atomic E-state index is -0.290. The van der Waals surface area contributed by atoms with Crippen molar-refractivity contribution in [2.45, 2.75) is 40.5 Å². The molecule has 90 valence electrons. The van der Waals surface area contributed by atoms with Crippen LogP contribution in [0.25, 0.3) is 0 Å². The zero-order valence-electron chi connectivity index (χ0n) is 10.6. The van der Waals surface area contributed by atoms with Crippen molar-refractivity contribution in [2.24, 2.45) is 12.5 Å². The van der Waals surface area contributed by atoms with E-state index < -0.39 is 0 Å². The molecule has 0 atom stereocenters. The molecule has 0 fully saturated rings. The van der Waals surface area contributed by atoms with Crippen molar-refractivity contribution in [2.75, 3.05) is 0 Å². The molecule has 0 bridgehead atoms. The van der Waals surface area contributed by atoms with Crippen LogP contribution in [0.3, 0.4) is 0 Å². The summed E-state index contributed by atoms with van der Waals surface area (Å²) in [4.78, 5) is 12.1. The highest BCUT2D eigenvalue weighted by Crippen LogP contribution is 2.26. The van der Waals surface area contributed by atoms with Crippen molar-refractivity contribution in [1.29, 1.82) is 0 Å². The number of hydrogen-bond acceptors (Lipinski definition) is 2. The van der Waals surface area contributed by atoms with Crippen LogP contribution in [0, 0.1) is 12.3 Å². The van der Waals surface area contributed by atoms with Crippen molar-refractivity contribution in [1.82, 2.24) is 9.78 Å². The third-order valence-corrected chi connectivity index (χ3v) is 3.72. The summed E-state index contributed by atoms with van der Waals surface area (Å²) in [6.07, 6.45) is 1.19. The lowest BCUT2D eigenvalue weighted by atomic mass is 9.83. The van der Waals surface area contributed by atoms with Gasteiger partial charge in [-0.15, -0.1) is 0 Å². The normalized spacial score (nSPS) is 11.9. The lowest BCUT2D eigenvalue weighted by Gasteiger charge is -2.20. The first kappa shape index (κ1) is 13.2. The van der Waals surface area contributed by atoms with Gasteiger partial charge in [0.1, 0.15) is 5.78 Å². The van der Waals surface area contributed by atoms with Crippen LogP contribution >= 0.6 is 11.6 Å². The number of Topliss-reactive ketones (excluding diaryl/α,β-unsaturated/α-hetero) is 1. The molecule has 1 heterocycles. The maximum absolute atomic E-state index is 12.1. The van der Waals surface area contributed by atoms with E-state index >= 15 is 0 Å². The third kappa shape index (κ3) is 2.46. The summed E-state index contributed by atoms with van der Waals surface area (Å²) in [5.41, 5.74) is 1.30. The van der Waals surface area contributed by atoms with Gasteiger partial charge in [0, 0.05) is 12.5 Å². The van der Waals surface area contributed by atoms with Gasteiger partial charge in [-0.3, -0.25) is 9.48 Å². The lowest BCUT2D eigenvalue weighted by Crippen LogP contribution is -2.26. The second-order valence-electron chi connectivity index (χ2n) is 4.81. The van der Waals surface area contributed by atoms with Gasteiger partial charge >= 0.3 is 0 Å². The average molecular weight is 243 g/mol. The highest BCUT2D eigenvalue weighted by atomic mass is 35.5. The van der Waals surface area contributed by atoms with Crippen molar-refractivity contribution in [3.63, 3.8) is 0 Å². The van der Waals surface area contributed by atoms with Crippen LogP contribution < -0.4 is 0 Å². The summed E-state index contributed by atoms with van der Waals surface area (Å²) in [6, 6.07) is 0. The van der Waals surface area contributed by atoms with E-state index in [2.05, 4.69) is 5.10 Å². The average Bonchev–Trinajstić information content (AvgIpc) is 2.45. The highest BCUT2D eigenvalue weighted by Gasteiger charge is 2.27. The second-order valence-corrected chi connectivity index (χ2v) is 5.19. The molecule has 0 aliphatic carbocycles. The van der Waals surface area contributed by atoms with Crippen LogP contribution in [0.15, 0.2) is 0 Å². The molecular formula is C12H19ClN2O. The quantitative estimate of drug-likeness (QED) is 0.814. The van der Waals surface area contributed by atoms with E-state index in [9.17, 15) is 4.79 Å². The maximum atomic E-state index is 12.1. The van der Waals surface area contributed by atoms with E-state index in [1.54, 1.807) is 4.68 Å². The predicted molar refractivity (Wildman–Crippen MR) is 65.7 cm³/mol. The number of rotatable bonds is 4. The van der Waals surface area contributed by atoms with Crippen molar-refractivity contribution in [3.8, 4) is 0 Å². The number of carbonyl (C=O) groups is 1. The molecule has 0 saturated carbocycles. The Hall–Kier alpha value is -0.830. The van der Waals surface area contributed by atoms with Crippen LogP contribution in [0.1, 0.15) is 38.6 Å². The van der Waals surface area contributed by atoms with Crippen molar-refractivity contribution < 1.29 is 4.79 Å². The van der Waals surface area contributed by atoms with Crippen LogP contribution in [0.4, 0.5) is 0 Å². The first-order valence-corrected chi connectivity index (χ1v) is 5.88. The zero-order chi connectivity index (χ0) is 12.5. The summed E-state index contributed by atoms with van der Waals surface area (Å²) < 4.78 is 1.70. The molecule has 4 heteroatoms. The molecule has 0 amide bonds. The molecule has 0 unspecified atom stereocenters. The van der Waals surface area contributed by atoms with Gasteiger partial charge in [0.25, 0.3) is 0 Å². The lowest BCUT2D eigenvalue weighted by molar-refractivity contribution is -0.126. The highest BCUT2D eigenvalue weighted by molar-refractivity contribution is 6.32. The molecule has 0 aliphatic rings. The molecule has 16 heavy (non-hydrogen) atoms. The Balaban J connectivity index is 2.94. The van der Waals surface area contributed by atoms with Gasteiger partial charge in [0.2, 0.25) is 0 Å². The van der Waals surface area contributed by atoms with Gasteiger partial charge in [0.15, 0.2) is 0 Å². The first-order valence-electron chi connectivity index (χ1n) is 5.51. The number of ketones is 1. The number of halogens is 1. The number of nitrogens with zero attached hydrogens (tertiary/aromatic N) is 2. The van der Waals surface area contributed by atoms with Crippen LogP contribution in [0.2, 0.25) is 5.02 Å². The Bertz CT molecular complexity index is 407. The Morgan fingerprint density at radius 1 is 1.50 bits per heavy atom. The fraction of sp³-hybridized carbons (Fsp3) is 0.667. The topological polar surface area (TPSA) is 34.9 Å². The molecule has 1 rings (SSSR count). The molecule has 0 saturated heterocycles. The molecule has 0 aliphatic heterocycles. The number of aromatic nitrogens is 2. The summed E-state index contributed by atoms with van der Waals surface area (Å²) in [7, 11) is 1.82. The molecule has 3 nitrogen and oxygen atoms in total. The third-order valence-electron chi connectivity index (χ3n) is 3.23. The summed E-state index contributed by atoms with van der Waals surface area (Å²) in [5.74, 6) is 0.208. The molecule has 1 aromatic rings. The van der Waals surface area contributed by atoms with Gasteiger partial charge < -0.3 is 0 Å². The SMILES string of the molecule is CCC(C)(C)C(=O)Cc1c(Cl)c(C)nn1C. The van der Waals surface area contributed by atoms with Gasteiger partial charge in [-0.1, -0.05) is 32.4 Å². The second kappa shape index (κ2) is 4.58. The van der Waals surface area contributed by atoms with E-state index in [-0.39, 0.29) is 11.2 Å². The summed E-state index contributed by atoms with van der Waals surface area (Å²) in [5, 5.41) is 4.82. The molecular weight excluding hydrogens is 224 g/mol. The molecule has 0 aromatic carbocycles. The Morgan fingerprint density at radius 3 is 2.44 bits per heavy atom. The van der Waals surface area contributed by atoms with Crippen LogP contribution in [-0.4, -0.2) is 15.6 Å². The fourth-order valence-electron chi connectivity index (χ4n) is 1.46. The monoisotopic (exact) mass is 242 g/mol. The maximum Gasteiger partial charge on any atom is 0.144 e. The molecule has 0 spiro atoms. The summed E-state index contributed by atoms with van der Waals surface area (Å²) in [6.45, 7) is 7.80. The number of hydrogen-bond donors (Lipinski definition) is 0. The predicted octanol–water partition coefficient (Wildman–Crippen LogP) is 2.93. The Kier molecular flexibility index (Phi) is 3.79. The van der Waals surface area contributed by atoms with Crippen LogP contribution in [0.5, 0.6) is 0 Å². The van der Waals surface area contributed by atoms with E-state index in [0.29, 0.717) is 11.4 Å². The van der Waals surface area contributed by atoms with E-state index in [1.165, 1.54) is 0 Å². The minimum Gasteiger partial charge on any atom is -0.299 e. The number of carbonyl (C=O) groups excluding carboxylic acids is 1. The standard InChI is InChI=1S/C12H19ClN2O/c1-6-12(3,4)10(16)7-9-11(13)8(2)14-15(9)5/h6-7H2,1-5H3. The minimum absolute atomic E-state index is 0.208. The van der Waals surface area contributed by atoms with Gasteiger partial charge in [-0.2, -0.15) is 5.10 Å².